The summed E-state index contributed by atoms with van der Waals surface area (Å²) in [5.74, 6) is -1.23. The Morgan fingerprint density at radius 1 is 0.978 bits per heavy atom. The fourth-order valence-corrected chi connectivity index (χ4v) is 11.0. The molecule has 7 atom stereocenters. The van der Waals surface area contributed by atoms with Crippen LogP contribution in [0.2, 0.25) is 0 Å². The van der Waals surface area contributed by atoms with Crippen LogP contribution in [0.3, 0.4) is 0 Å². The molecule has 4 aliphatic rings. The Morgan fingerprint density at radius 2 is 1.72 bits per heavy atom. The van der Waals surface area contributed by atoms with E-state index in [2.05, 4.69) is 10.3 Å². The molecule has 2 N–H and O–H groups in total. The quantitative estimate of drug-likeness (QED) is 0.260. The Balaban J connectivity index is 1.09. The number of carbonyl (C=O) groups is 3. The lowest BCUT2D eigenvalue weighted by Crippen LogP contribution is -2.42. The average Bonchev–Trinajstić information content (AvgIpc) is 3.80. The van der Waals surface area contributed by atoms with Crippen LogP contribution in [0.4, 0.5) is 15.8 Å². The first-order valence-electron chi connectivity index (χ1n) is 15.0. The maximum absolute atomic E-state index is 13.9. The van der Waals surface area contributed by atoms with Gasteiger partial charge in [0.25, 0.3) is 5.91 Å². The van der Waals surface area contributed by atoms with Gasteiger partial charge >= 0.3 is 4.87 Å². The van der Waals surface area contributed by atoms with E-state index >= 15 is 0 Å². The Labute approximate surface area is 271 Å². The number of H-pyrrole nitrogens is 1. The molecule has 1 aromatic heterocycles. The fourth-order valence-electron chi connectivity index (χ4n) is 8.09. The molecule has 1 saturated heterocycles. The summed E-state index contributed by atoms with van der Waals surface area (Å²) in [5, 5.41) is 3.54. The van der Waals surface area contributed by atoms with Gasteiger partial charge in [0.05, 0.1) is 29.7 Å². The number of hydrogen-bond acceptors (Lipinski definition) is 8. The topological polar surface area (TPSA) is 118 Å². The predicted molar refractivity (Wildman–Crippen MR) is 171 cm³/mol. The summed E-state index contributed by atoms with van der Waals surface area (Å²) in [6, 6.07) is 20.1. The molecule has 3 aromatic carbocycles. The Morgan fingerprint density at radius 3 is 2.46 bits per heavy atom. The number of para-hydroxylation sites is 1. The molecule has 46 heavy (non-hydrogen) atoms. The molecule has 2 aliphatic heterocycles. The van der Waals surface area contributed by atoms with Crippen molar-refractivity contribution >= 4 is 52.2 Å². The van der Waals surface area contributed by atoms with Crippen LogP contribution in [-0.2, 0) is 14.4 Å². The number of amides is 3. The number of nitrogens with zero attached hydrogens (tertiary/aromatic N) is 1. The van der Waals surface area contributed by atoms with Crippen molar-refractivity contribution in [2.45, 2.75) is 22.6 Å². The largest absolute Gasteiger partial charge is 0.493 e. The number of nitrogens with one attached hydrogen (secondary N) is 2. The molecule has 2 saturated carbocycles. The monoisotopic (exact) mass is 657 g/mol. The van der Waals surface area contributed by atoms with Gasteiger partial charge in [-0.15, -0.1) is 11.8 Å². The SMILES string of the molecule is COc1cc([C@H]2c3sc(=O)[nH]c3SC3C2[C@H]2C[C@@H]3C3C(=O)N(c4ccccc4)C(=O)C32)ccc1OCC(=O)Nc1ccc(F)cc1. The predicted octanol–water partition coefficient (Wildman–Crippen LogP) is 5.28. The number of aromatic nitrogens is 1. The molecular formula is C34H28FN3O6S2. The normalized spacial score (nSPS) is 27.3. The van der Waals surface area contributed by atoms with Crippen LogP contribution in [-0.4, -0.2) is 41.7 Å². The van der Waals surface area contributed by atoms with Crippen LogP contribution in [0.1, 0.15) is 22.8 Å². The Bertz CT molecular complexity index is 1930. The third kappa shape index (κ3) is 4.57. The second-order valence-electron chi connectivity index (χ2n) is 12.1. The van der Waals surface area contributed by atoms with Crippen molar-refractivity contribution in [3.05, 3.63) is 98.7 Å². The van der Waals surface area contributed by atoms with Gasteiger partial charge in [0.1, 0.15) is 5.82 Å². The van der Waals surface area contributed by atoms with Crippen LogP contribution in [0, 0.1) is 35.4 Å². The molecule has 8 rings (SSSR count). The number of halogens is 1. The molecule has 9 nitrogen and oxygen atoms in total. The van der Waals surface area contributed by atoms with Gasteiger partial charge < -0.3 is 19.8 Å². The molecule has 4 unspecified atom stereocenters. The zero-order chi connectivity index (χ0) is 31.7. The van der Waals surface area contributed by atoms with E-state index in [4.69, 9.17) is 9.47 Å². The number of hydrogen-bond donors (Lipinski definition) is 2. The van der Waals surface area contributed by atoms with Crippen molar-refractivity contribution in [2.24, 2.45) is 29.6 Å². The lowest BCUT2D eigenvalue weighted by molar-refractivity contribution is -0.123. The summed E-state index contributed by atoms with van der Waals surface area (Å²) in [5.41, 5.74) is 1.96. The number of thioether (sulfide) groups is 1. The number of anilines is 2. The molecule has 2 bridgehead atoms. The highest BCUT2D eigenvalue weighted by atomic mass is 32.2. The smallest absolute Gasteiger partial charge is 0.305 e. The molecule has 4 aromatic rings. The minimum absolute atomic E-state index is 0.0123. The second-order valence-corrected chi connectivity index (χ2v) is 14.3. The van der Waals surface area contributed by atoms with Gasteiger partial charge in [-0.3, -0.25) is 24.1 Å². The molecule has 3 amide bonds. The summed E-state index contributed by atoms with van der Waals surface area (Å²) in [7, 11) is 1.52. The zero-order valence-corrected chi connectivity index (χ0v) is 26.1. The molecule has 234 valence electrons. The van der Waals surface area contributed by atoms with Crippen LogP contribution in [0.15, 0.2) is 82.6 Å². The Hall–Kier alpha value is -4.42. The highest BCUT2D eigenvalue weighted by Crippen LogP contribution is 2.68. The van der Waals surface area contributed by atoms with Gasteiger partial charge in [0, 0.05) is 21.7 Å². The van der Waals surface area contributed by atoms with Crippen molar-refractivity contribution in [2.75, 3.05) is 23.9 Å². The molecule has 3 heterocycles. The van der Waals surface area contributed by atoms with Gasteiger partial charge in [0.2, 0.25) is 11.8 Å². The summed E-state index contributed by atoms with van der Waals surface area (Å²) >= 11 is 2.82. The van der Waals surface area contributed by atoms with E-state index in [0.717, 1.165) is 21.9 Å². The summed E-state index contributed by atoms with van der Waals surface area (Å²) in [6.07, 6.45) is 0.787. The fraction of sp³-hybridized carbons (Fsp3) is 0.294. The highest BCUT2D eigenvalue weighted by Gasteiger charge is 2.69. The number of carbonyl (C=O) groups excluding carboxylic acids is 3. The van der Waals surface area contributed by atoms with E-state index in [1.165, 1.54) is 47.6 Å². The summed E-state index contributed by atoms with van der Waals surface area (Å²) < 4.78 is 24.7. The van der Waals surface area contributed by atoms with Crippen LogP contribution in [0.25, 0.3) is 0 Å². The van der Waals surface area contributed by atoms with Crippen LogP contribution < -0.4 is 24.6 Å². The molecule has 12 heteroatoms. The van der Waals surface area contributed by atoms with E-state index in [0.29, 0.717) is 22.9 Å². The number of thiazole rings is 1. The maximum atomic E-state index is 13.9. The number of aromatic amines is 1. The maximum Gasteiger partial charge on any atom is 0.305 e. The molecule has 0 radical (unpaired) electrons. The number of rotatable bonds is 7. The van der Waals surface area contributed by atoms with Crippen LogP contribution in [0.5, 0.6) is 11.5 Å². The second kappa shape index (κ2) is 11.1. The van der Waals surface area contributed by atoms with E-state index in [1.807, 2.05) is 30.3 Å². The first kappa shape index (κ1) is 29.0. The van der Waals surface area contributed by atoms with E-state index in [9.17, 15) is 23.6 Å². The average molecular weight is 658 g/mol. The van der Waals surface area contributed by atoms with E-state index < -0.39 is 17.6 Å². The number of benzene rings is 3. The molecule has 0 spiro atoms. The van der Waals surface area contributed by atoms with E-state index in [-0.39, 0.29) is 58.1 Å². The van der Waals surface area contributed by atoms with Gasteiger partial charge in [-0.05, 0) is 78.3 Å². The number of imide groups is 1. The van der Waals surface area contributed by atoms with Crippen molar-refractivity contribution in [3.63, 3.8) is 0 Å². The third-order valence-electron chi connectivity index (χ3n) is 9.77. The molecular weight excluding hydrogens is 630 g/mol. The number of ether oxygens (including phenoxy) is 2. The molecule has 2 aliphatic carbocycles. The minimum atomic E-state index is -0.413. The van der Waals surface area contributed by atoms with Gasteiger partial charge in [-0.25, -0.2) is 4.39 Å². The van der Waals surface area contributed by atoms with Crippen LogP contribution >= 0.6 is 23.1 Å². The van der Waals surface area contributed by atoms with Gasteiger partial charge in [0.15, 0.2) is 18.1 Å². The first-order valence-corrected chi connectivity index (χ1v) is 16.7. The minimum Gasteiger partial charge on any atom is -0.493 e. The van der Waals surface area contributed by atoms with Crippen molar-refractivity contribution in [1.82, 2.24) is 4.98 Å². The highest BCUT2D eigenvalue weighted by molar-refractivity contribution is 8.00. The van der Waals surface area contributed by atoms with E-state index in [1.54, 1.807) is 30.0 Å². The first-order chi connectivity index (χ1) is 22.3. The molecule has 3 fully saturated rings. The number of fused-ring (bicyclic) bond motifs is 9. The lowest BCUT2D eigenvalue weighted by Gasteiger charge is -2.43. The number of methoxy groups -OCH3 is 1. The summed E-state index contributed by atoms with van der Waals surface area (Å²) in [6.45, 7) is -0.289. The van der Waals surface area contributed by atoms with Gasteiger partial charge in [-0.1, -0.05) is 35.6 Å². The van der Waals surface area contributed by atoms with Gasteiger partial charge in [-0.2, -0.15) is 0 Å². The van der Waals surface area contributed by atoms with Crippen molar-refractivity contribution in [1.29, 1.82) is 0 Å². The van der Waals surface area contributed by atoms with Crippen molar-refractivity contribution in [3.8, 4) is 11.5 Å². The lowest BCUT2D eigenvalue weighted by atomic mass is 9.68. The standard InChI is InChI=1S/C34H28FN3O6S2/c1-43-23-13-16(7-12-22(23)44-15-24(39)36-18-10-8-17(35)9-11-18)25-26-20-14-21(29(26)45-31-30(25)46-34(42)37-31)28-27(20)32(40)38(33(28)41)19-5-3-2-4-6-19/h2-13,20-21,25-29H,14-15H2,1H3,(H,36,39)(H,37,42)/t20-,21-,25-,26?,27?,28?,29?/m1/s1. The van der Waals surface area contributed by atoms with Crippen molar-refractivity contribution < 1.29 is 28.2 Å². The summed E-state index contributed by atoms with van der Waals surface area (Å²) in [4.78, 5) is 58.0. The zero-order valence-electron chi connectivity index (χ0n) is 24.5. The third-order valence-corrected chi connectivity index (χ3v) is 12.4. The Kier molecular flexibility index (Phi) is 7.02.